The molecule has 0 unspecified atom stereocenters. The van der Waals surface area contributed by atoms with Gasteiger partial charge in [0.15, 0.2) is 0 Å². The molecule has 0 saturated carbocycles. The number of benzene rings is 1. The van der Waals surface area contributed by atoms with Crippen molar-refractivity contribution in [2.75, 3.05) is 11.1 Å². The number of hydrogen-bond donors (Lipinski definition) is 2. The maximum Gasteiger partial charge on any atom is 0.255 e. The largest absolute Gasteiger partial charge is 0.384 e. The molecule has 3 N–H and O–H groups in total. The Morgan fingerprint density at radius 3 is 2.57 bits per heavy atom. The predicted molar refractivity (Wildman–Crippen MR) is 86.4 cm³/mol. The third-order valence-corrected chi connectivity index (χ3v) is 3.27. The number of amides is 1. The van der Waals surface area contributed by atoms with Crippen molar-refractivity contribution < 1.29 is 4.79 Å². The number of carbonyl (C=O) groups is 1. The molecule has 1 amide bonds. The number of carbonyl (C=O) groups excluding carboxylic acids is 1. The average molecular weight is 283 g/mol. The van der Waals surface area contributed by atoms with Gasteiger partial charge in [0, 0.05) is 16.9 Å². The minimum Gasteiger partial charge on any atom is -0.384 e. The maximum absolute atomic E-state index is 12.2. The van der Waals surface area contributed by atoms with Crippen molar-refractivity contribution in [3.8, 4) is 0 Å². The third kappa shape index (κ3) is 4.31. The van der Waals surface area contributed by atoms with Gasteiger partial charge in [-0.3, -0.25) is 4.79 Å². The zero-order valence-corrected chi connectivity index (χ0v) is 12.5. The normalized spacial score (nSPS) is 10.4. The molecule has 110 valence electrons. The van der Waals surface area contributed by atoms with Gasteiger partial charge < -0.3 is 11.1 Å². The van der Waals surface area contributed by atoms with Gasteiger partial charge in [0.25, 0.3) is 5.91 Å². The van der Waals surface area contributed by atoms with E-state index in [2.05, 4.69) is 29.4 Å². The van der Waals surface area contributed by atoms with Gasteiger partial charge in [0.05, 0.1) is 0 Å². The molecule has 1 aromatic carbocycles. The molecule has 0 aliphatic heterocycles. The summed E-state index contributed by atoms with van der Waals surface area (Å²) in [5, 5.41) is 2.87. The van der Waals surface area contributed by atoms with Crippen LogP contribution in [-0.4, -0.2) is 10.9 Å². The van der Waals surface area contributed by atoms with Crippen molar-refractivity contribution in [1.82, 2.24) is 4.98 Å². The second-order valence-corrected chi connectivity index (χ2v) is 5.18. The Morgan fingerprint density at radius 1 is 1.24 bits per heavy atom. The van der Waals surface area contributed by atoms with Crippen molar-refractivity contribution in [2.45, 2.75) is 33.1 Å². The zero-order valence-electron chi connectivity index (χ0n) is 12.5. The minimum absolute atomic E-state index is 0.173. The first-order valence-electron chi connectivity index (χ1n) is 7.23. The topological polar surface area (TPSA) is 68.0 Å². The summed E-state index contributed by atoms with van der Waals surface area (Å²) in [5.74, 6) is 0.184. The molecule has 21 heavy (non-hydrogen) atoms. The second-order valence-electron chi connectivity index (χ2n) is 5.18. The third-order valence-electron chi connectivity index (χ3n) is 3.27. The number of nitrogens with two attached hydrogens (primary N) is 1. The fourth-order valence-electron chi connectivity index (χ4n) is 2.16. The highest BCUT2D eigenvalue weighted by Crippen LogP contribution is 2.14. The molecular formula is C17H21N3O. The van der Waals surface area contributed by atoms with E-state index in [4.69, 9.17) is 5.73 Å². The standard InChI is InChI=1S/C17H21N3O/c1-3-4-5-13-6-8-15(9-7-13)20-17(21)14-10-12(2)19-16(18)11-14/h6-11H,3-5H2,1-2H3,(H2,18,19)(H,20,21). The quantitative estimate of drug-likeness (QED) is 0.881. The first-order valence-corrected chi connectivity index (χ1v) is 7.23. The fourth-order valence-corrected chi connectivity index (χ4v) is 2.16. The number of aryl methyl sites for hydroxylation is 2. The van der Waals surface area contributed by atoms with Crippen LogP contribution >= 0.6 is 0 Å². The Bertz CT molecular complexity index is 600. The summed E-state index contributed by atoms with van der Waals surface area (Å²) in [4.78, 5) is 16.2. The number of nitrogens with one attached hydrogen (secondary N) is 1. The number of nitrogen functional groups attached to an aromatic ring is 1. The fraction of sp³-hybridized carbons (Fsp3) is 0.294. The van der Waals surface area contributed by atoms with Gasteiger partial charge in [-0.1, -0.05) is 25.5 Å². The van der Waals surface area contributed by atoms with Crippen LogP contribution in [0.1, 0.15) is 41.4 Å². The minimum atomic E-state index is -0.173. The molecule has 0 aliphatic rings. The van der Waals surface area contributed by atoms with Crippen LogP contribution in [0.3, 0.4) is 0 Å². The first-order chi connectivity index (χ1) is 10.1. The number of pyridine rings is 1. The van der Waals surface area contributed by atoms with Crippen molar-refractivity contribution >= 4 is 17.4 Å². The van der Waals surface area contributed by atoms with Crippen LogP contribution < -0.4 is 11.1 Å². The lowest BCUT2D eigenvalue weighted by atomic mass is 10.1. The molecule has 4 heteroatoms. The molecule has 0 bridgehead atoms. The van der Waals surface area contributed by atoms with E-state index in [1.54, 1.807) is 12.1 Å². The van der Waals surface area contributed by atoms with Gasteiger partial charge in [-0.2, -0.15) is 0 Å². The Labute approximate surface area is 125 Å². The van der Waals surface area contributed by atoms with Crippen molar-refractivity contribution in [3.63, 3.8) is 0 Å². The Balaban J connectivity index is 2.05. The molecule has 0 radical (unpaired) electrons. The summed E-state index contributed by atoms with van der Waals surface area (Å²) in [6.07, 6.45) is 3.44. The summed E-state index contributed by atoms with van der Waals surface area (Å²) >= 11 is 0. The van der Waals surface area contributed by atoms with E-state index in [1.807, 2.05) is 19.1 Å². The predicted octanol–water partition coefficient (Wildman–Crippen LogP) is 3.57. The molecule has 0 fully saturated rings. The highest BCUT2D eigenvalue weighted by atomic mass is 16.1. The van der Waals surface area contributed by atoms with Gasteiger partial charge in [0.2, 0.25) is 0 Å². The van der Waals surface area contributed by atoms with E-state index in [1.165, 1.54) is 18.4 Å². The number of hydrogen-bond acceptors (Lipinski definition) is 3. The molecule has 4 nitrogen and oxygen atoms in total. The summed E-state index contributed by atoms with van der Waals surface area (Å²) in [7, 11) is 0. The highest BCUT2D eigenvalue weighted by molar-refractivity contribution is 6.04. The van der Waals surface area contributed by atoms with Crippen LogP contribution in [0.25, 0.3) is 0 Å². The maximum atomic E-state index is 12.2. The van der Waals surface area contributed by atoms with E-state index < -0.39 is 0 Å². The Hall–Kier alpha value is -2.36. The molecule has 1 aromatic heterocycles. The van der Waals surface area contributed by atoms with E-state index in [-0.39, 0.29) is 5.91 Å². The lowest BCUT2D eigenvalue weighted by Crippen LogP contribution is -2.13. The van der Waals surface area contributed by atoms with Crippen molar-refractivity contribution in [1.29, 1.82) is 0 Å². The molecule has 2 rings (SSSR count). The molecule has 1 heterocycles. The number of anilines is 2. The van der Waals surface area contributed by atoms with E-state index in [9.17, 15) is 4.79 Å². The van der Waals surface area contributed by atoms with Crippen LogP contribution in [0, 0.1) is 6.92 Å². The molecule has 0 saturated heterocycles. The van der Waals surface area contributed by atoms with Gasteiger partial charge in [-0.25, -0.2) is 4.98 Å². The SMILES string of the molecule is CCCCc1ccc(NC(=O)c2cc(C)nc(N)c2)cc1. The first kappa shape index (κ1) is 15.0. The number of nitrogens with zero attached hydrogens (tertiary/aromatic N) is 1. The number of rotatable bonds is 5. The van der Waals surface area contributed by atoms with Crippen molar-refractivity contribution in [2.24, 2.45) is 0 Å². The average Bonchev–Trinajstić information content (AvgIpc) is 2.45. The second kappa shape index (κ2) is 6.88. The molecular weight excluding hydrogens is 262 g/mol. The van der Waals surface area contributed by atoms with Crippen LogP contribution in [0.4, 0.5) is 11.5 Å². The van der Waals surface area contributed by atoms with Gasteiger partial charge >= 0.3 is 0 Å². The van der Waals surface area contributed by atoms with Gasteiger partial charge in [-0.05, 0) is 49.6 Å². The number of aromatic nitrogens is 1. The smallest absolute Gasteiger partial charge is 0.255 e. The summed E-state index contributed by atoms with van der Waals surface area (Å²) in [6.45, 7) is 3.99. The van der Waals surface area contributed by atoms with E-state index >= 15 is 0 Å². The molecule has 0 atom stereocenters. The Morgan fingerprint density at radius 2 is 1.95 bits per heavy atom. The van der Waals surface area contributed by atoms with E-state index in [0.717, 1.165) is 17.8 Å². The lowest BCUT2D eigenvalue weighted by Gasteiger charge is -2.07. The monoisotopic (exact) mass is 283 g/mol. The lowest BCUT2D eigenvalue weighted by molar-refractivity contribution is 0.102. The highest BCUT2D eigenvalue weighted by Gasteiger charge is 2.08. The van der Waals surface area contributed by atoms with Crippen LogP contribution in [0.5, 0.6) is 0 Å². The summed E-state index contributed by atoms with van der Waals surface area (Å²) < 4.78 is 0. The number of unbranched alkanes of at least 4 members (excludes halogenated alkanes) is 1. The van der Waals surface area contributed by atoms with Gasteiger partial charge in [0.1, 0.15) is 5.82 Å². The summed E-state index contributed by atoms with van der Waals surface area (Å²) in [6, 6.07) is 11.3. The molecule has 0 aliphatic carbocycles. The summed E-state index contributed by atoms with van der Waals surface area (Å²) in [5.41, 5.74) is 9.00. The van der Waals surface area contributed by atoms with Crippen LogP contribution in [-0.2, 0) is 6.42 Å². The zero-order chi connectivity index (χ0) is 15.2. The molecule has 0 spiro atoms. The molecule has 2 aromatic rings. The van der Waals surface area contributed by atoms with Crippen molar-refractivity contribution in [3.05, 3.63) is 53.2 Å². The van der Waals surface area contributed by atoms with E-state index in [0.29, 0.717) is 11.4 Å². The van der Waals surface area contributed by atoms with Crippen LogP contribution in [0.2, 0.25) is 0 Å². The van der Waals surface area contributed by atoms with Crippen LogP contribution in [0.15, 0.2) is 36.4 Å². The van der Waals surface area contributed by atoms with Gasteiger partial charge in [-0.15, -0.1) is 0 Å². The Kier molecular flexibility index (Phi) is 4.93.